The van der Waals surface area contributed by atoms with E-state index in [1.807, 2.05) is 13.8 Å². The van der Waals surface area contributed by atoms with Crippen LogP contribution in [0.4, 0.5) is 0 Å². The minimum Gasteiger partial charge on any atom is -0.478 e. The maximum Gasteiger partial charge on any atom is 0.346 e. The van der Waals surface area contributed by atoms with Crippen LogP contribution in [0.5, 0.6) is 0 Å². The fourth-order valence-electron chi connectivity index (χ4n) is 1.57. The fraction of sp³-hybridized carbons (Fsp3) is 0.538. The van der Waals surface area contributed by atoms with Gasteiger partial charge in [-0.25, -0.2) is 9.59 Å². The van der Waals surface area contributed by atoms with E-state index in [-0.39, 0.29) is 22.2 Å². The van der Waals surface area contributed by atoms with E-state index in [9.17, 15) is 19.5 Å². The van der Waals surface area contributed by atoms with Gasteiger partial charge in [0.05, 0.1) is 5.25 Å². The van der Waals surface area contributed by atoms with Crippen molar-refractivity contribution in [3.05, 3.63) is 21.7 Å². The first-order chi connectivity index (χ1) is 9.72. The minimum atomic E-state index is -1.19. The van der Waals surface area contributed by atoms with Crippen LogP contribution in [-0.4, -0.2) is 38.7 Å². The molecule has 1 unspecified atom stereocenters. The Morgan fingerprint density at radius 3 is 2.52 bits per heavy atom. The molecule has 3 N–H and O–H groups in total. The zero-order valence-corrected chi connectivity index (χ0v) is 13.2. The summed E-state index contributed by atoms with van der Waals surface area (Å²) >= 11 is 0.963. The summed E-state index contributed by atoms with van der Waals surface area (Å²) in [6.45, 7) is 7.62. The van der Waals surface area contributed by atoms with Gasteiger partial charge in [-0.15, -0.1) is 0 Å². The molecule has 0 aliphatic carbocycles. The predicted molar refractivity (Wildman–Crippen MR) is 79.7 cm³/mol. The van der Waals surface area contributed by atoms with Crippen LogP contribution in [0.25, 0.3) is 0 Å². The van der Waals surface area contributed by atoms with Crippen molar-refractivity contribution in [3.63, 3.8) is 0 Å². The molecule has 1 amide bonds. The Bertz CT molecular complexity index is 598. The number of hydrogen-bond acceptors (Lipinski definition) is 5. The number of nitrogens with one attached hydrogen (secondary N) is 2. The normalized spacial score (nSPS) is 12.2. The number of thioether (sulfide) groups is 1. The number of nitrogens with zero attached hydrogens (tertiary/aromatic N) is 1. The van der Waals surface area contributed by atoms with Gasteiger partial charge in [-0.05, 0) is 19.8 Å². The van der Waals surface area contributed by atoms with Gasteiger partial charge in [0.2, 0.25) is 5.91 Å². The molecule has 0 radical (unpaired) electrons. The van der Waals surface area contributed by atoms with Crippen LogP contribution in [0.15, 0.2) is 9.82 Å². The highest BCUT2D eigenvalue weighted by atomic mass is 32.2. The molecular weight excluding hydrogens is 294 g/mol. The Morgan fingerprint density at radius 2 is 2.00 bits per heavy atom. The first-order valence-electron chi connectivity index (χ1n) is 6.51. The van der Waals surface area contributed by atoms with E-state index >= 15 is 0 Å². The molecule has 8 heteroatoms. The quantitative estimate of drug-likeness (QED) is 0.534. The second kappa shape index (κ2) is 7.26. The van der Waals surface area contributed by atoms with Gasteiger partial charge in [0.15, 0.2) is 0 Å². The second-order valence-electron chi connectivity index (χ2n) is 5.05. The SMILES string of the molecule is Cc1[nH]c(=O)nc(SC(C)C(=O)NCC(C)C)c1C(=O)O. The molecule has 0 aromatic carbocycles. The van der Waals surface area contributed by atoms with Gasteiger partial charge >= 0.3 is 11.7 Å². The van der Waals surface area contributed by atoms with Gasteiger partial charge in [0, 0.05) is 12.2 Å². The monoisotopic (exact) mass is 313 g/mol. The molecule has 0 fully saturated rings. The van der Waals surface area contributed by atoms with E-state index in [0.717, 1.165) is 11.8 Å². The van der Waals surface area contributed by atoms with Crippen molar-refractivity contribution in [3.8, 4) is 0 Å². The summed E-state index contributed by atoms with van der Waals surface area (Å²) in [6.07, 6.45) is 0. The number of carboxylic acids is 1. The first kappa shape index (κ1) is 17.2. The maximum atomic E-state index is 11.9. The van der Waals surface area contributed by atoms with Crippen LogP contribution < -0.4 is 11.0 Å². The molecule has 1 aromatic heterocycles. The summed E-state index contributed by atoms with van der Waals surface area (Å²) < 4.78 is 0. The molecule has 0 saturated heterocycles. The number of aryl methyl sites for hydroxylation is 1. The van der Waals surface area contributed by atoms with E-state index < -0.39 is 16.9 Å². The molecule has 0 aliphatic heterocycles. The van der Waals surface area contributed by atoms with Crippen LogP contribution in [0.2, 0.25) is 0 Å². The summed E-state index contributed by atoms with van der Waals surface area (Å²) in [6, 6.07) is 0. The topological polar surface area (TPSA) is 112 Å². The van der Waals surface area contributed by atoms with Gasteiger partial charge in [-0.1, -0.05) is 25.6 Å². The lowest BCUT2D eigenvalue weighted by molar-refractivity contribution is -0.120. The highest BCUT2D eigenvalue weighted by Gasteiger charge is 2.22. The third-order valence-electron chi connectivity index (χ3n) is 2.64. The Balaban J connectivity index is 2.94. The zero-order chi connectivity index (χ0) is 16.2. The number of H-pyrrole nitrogens is 1. The second-order valence-corrected chi connectivity index (χ2v) is 6.38. The van der Waals surface area contributed by atoms with Crippen molar-refractivity contribution in [2.45, 2.75) is 38.0 Å². The number of carbonyl (C=O) groups is 2. The molecule has 7 nitrogen and oxygen atoms in total. The summed E-state index contributed by atoms with van der Waals surface area (Å²) in [7, 11) is 0. The molecular formula is C13H19N3O4S. The number of carboxylic acid groups (broad SMARTS) is 1. The number of rotatable bonds is 6. The molecule has 21 heavy (non-hydrogen) atoms. The van der Waals surface area contributed by atoms with Gasteiger partial charge in [-0.3, -0.25) is 4.79 Å². The van der Waals surface area contributed by atoms with E-state index in [0.29, 0.717) is 12.5 Å². The lowest BCUT2D eigenvalue weighted by Gasteiger charge is -2.14. The molecule has 1 aromatic rings. The molecule has 1 atom stereocenters. The summed E-state index contributed by atoms with van der Waals surface area (Å²) in [5.74, 6) is -1.08. The van der Waals surface area contributed by atoms with Gasteiger partial charge in [0.25, 0.3) is 0 Å². The average Bonchev–Trinajstić information content (AvgIpc) is 2.34. The molecule has 0 bridgehead atoms. The molecule has 0 aliphatic rings. The fourth-order valence-corrected chi connectivity index (χ4v) is 2.59. The molecule has 1 rings (SSSR count). The number of hydrogen-bond donors (Lipinski definition) is 3. The minimum absolute atomic E-state index is 0.0518. The lowest BCUT2D eigenvalue weighted by atomic mass is 10.2. The average molecular weight is 313 g/mol. The molecule has 0 saturated carbocycles. The first-order valence-corrected chi connectivity index (χ1v) is 7.39. The van der Waals surface area contributed by atoms with Crippen LogP contribution in [-0.2, 0) is 4.79 Å². The number of amides is 1. The Morgan fingerprint density at radius 1 is 1.38 bits per heavy atom. The van der Waals surface area contributed by atoms with Crippen molar-refractivity contribution in [2.24, 2.45) is 5.92 Å². The summed E-state index contributed by atoms with van der Waals surface area (Å²) in [5, 5.41) is 11.5. The number of aromatic amines is 1. The van der Waals surface area contributed by atoms with Gasteiger partial charge < -0.3 is 15.4 Å². The highest BCUT2D eigenvalue weighted by Crippen LogP contribution is 2.25. The smallest absolute Gasteiger partial charge is 0.346 e. The third-order valence-corrected chi connectivity index (χ3v) is 3.73. The van der Waals surface area contributed by atoms with Crippen molar-refractivity contribution >= 4 is 23.6 Å². The maximum absolute atomic E-state index is 11.9. The predicted octanol–water partition coefficient (Wildman–Crippen LogP) is 1.03. The number of carbonyl (C=O) groups excluding carboxylic acids is 1. The van der Waals surface area contributed by atoms with E-state index in [1.165, 1.54) is 6.92 Å². The van der Waals surface area contributed by atoms with Crippen LogP contribution in [0.3, 0.4) is 0 Å². The standard InChI is InChI=1S/C13H19N3O4S/c1-6(2)5-14-10(17)8(4)21-11-9(12(18)19)7(3)15-13(20)16-11/h6,8H,5H2,1-4H3,(H,14,17)(H,18,19)(H,15,16,20). The van der Waals surface area contributed by atoms with Crippen LogP contribution in [0.1, 0.15) is 36.8 Å². The van der Waals surface area contributed by atoms with Crippen molar-refractivity contribution < 1.29 is 14.7 Å². The van der Waals surface area contributed by atoms with Gasteiger partial charge in [0.1, 0.15) is 10.6 Å². The Hall–Kier alpha value is -1.83. The van der Waals surface area contributed by atoms with Crippen LogP contribution in [0, 0.1) is 12.8 Å². The molecule has 1 heterocycles. The van der Waals surface area contributed by atoms with Crippen molar-refractivity contribution in [1.82, 2.24) is 15.3 Å². The third kappa shape index (κ3) is 4.89. The number of aromatic nitrogens is 2. The van der Waals surface area contributed by atoms with E-state index in [4.69, 9.17) is 0 Å². The molecule has 116 valence electrons. The Labute approximate surface area is 126 Å². The number of aromatic carboxylic acids is 1. The van der Waals surface area contributed by atoms with Crippen LogP contribution >= 0.6 is 11.8 Å². The van der Waals surface area contributed by atoms with Crippen molar-refractivity contribution in [1.29, 1.82) is 0 Å². The Kier molecular flexibility index (Phi) is 5.95. The van der Waals surface area contributed by atoms with E-state index in [1.54, 1.807) is 6.92 Å². The van der Waals surface area contributed by atoms with Gasteiger partial charge in [-0.2, -0.15) is 4.98 Å². The molecule has 0 spiro atoms. The largest absolute Gasteiger partial charge is 0.478 e. The van der Waals surface area contributed by atoms with Crippen molar-refractivity contribution in [2.75, 3.05) is 6.54 Å². The summed E-state index contributed by atoms with van der Waals surface area (Å²) in [4.78, 5) is 40.5. The van der Waals surface area contributed by atoms with E-state index in [2.05, 4.69) is 15.3 Å². The highest BCUT2D eigenvalue weighted by molar-refractivity contribution is 8.00. The summed E-state index contributed by atoms with van der Waals surface area (Å²) in [5.41, 5.74) is -0.488. The lowest BCUT2D eigenvalue weighted by Crippen LogP contribution is -2.34. The zero-order valence-electron chi connectivity index (χ0n) is 12.4.